The lowest BCUT2D eigenvalue weighted by Crippen LogP contribution is -2.14. The van der Waals surface area contributed by atoms with Gasteiger partial charge in [0.25, 0.3) is 0 Å². The Labute approximate surface area is 41.4 Å². The van der Waals surface area contributed by atoms with Crippen LogP contribution in [0.1, 0.15) is 0 Å². The van der Waals surface area contributed by atoms with Crippen molar-refractivity contribution in [2.45, 2.75) is 0 Å². The molecule has 3 nitrogen and oxygen atoms in total. The minimum absolute atomic E-state index is 0.625. The monoisotopic (exact) mass is 98.0 g/mol. The van der Waals surface area contributed by atoms with E-state index in [2.05, 4.69) is 10.6 Å². The van der Waals surface area contributed by atoms with Crippen molar-refractivity contribution in [1.82, 2.24) is 10.6 Å². The molecule has 0 saturated carbocycles. The van der Waals surface area contributed by atoms with Crippen molar-refractivity contribution < 1.29 is 4.79 Å². The van der Waals surface area contributed by atoms with Crippen LogP contribution in [0.2, 0.25) is 0 Å². The first-order chi connectivity index (χ1) is 3.43. The van der Waals surface area contributed by atoms with Gasteiger partial charge in [-0.25, -0.2) is 0 Å². The Morgan fingerprint density at radius 3 is 3.00 bits per heavy atom. The number of hydrogen-bond acceptors (Lipinski definition) is 3. The summed E-state index contributed by atoms with van der Waals surface area (Å²) in [5, 5.41) is 5.61. The maximum absolute atomic E-state index is 9.84. The van der Waals surface area contributed by atoms with E-state index in [0.29, 0.717) is 12.4 Å². The zero-order valence-corrected chi connectivity index (χ0v) is 3.77. The third-order valence-electron chi connectivity index (χ3n) is 0.779. The van der Waals surface area contributed by atoms with E-state index in [4.69, 9.17) is 0 Å². The summed E-state index contributed by atoms with van der Waals surface area (Å²) in [5.74, 6) is 0. The molecule has 2 N–H and O–H groups in total. The summed E-state index contributed by atoms with van der Waals surface area (Å²) in [5.41, 5.74) is 0.625. The highest BCUT2D eigenvalue weighted by Crippen LogP contribution is 1.83. The minimum atomic E-state index is 0.625. The molecule has 1 aliphatic rings. The molecule has 0 fully saturated rings. The summed E-state index contributed by atoms with van der Waals surface area (Å²) in [6, 6.07) is 0. The van der Waals surface area contributed by atoms with Gasteiger partial charge in [0.1, 0.15) is 0 Å². The van der Waals surface area contributed by atoms with Crippen LogP contribution in [0.4, 0.5) is 0 Å². The molecule has 0 radical (unpaired) electrons. The summed E-state index contributed by atoms with van der Waals surface area (Å²) >= 11 is 0. The zero-order chi connectivity index (χ0) is 5.11. The predicted octanol–water partition coefficient (Wildman–Crippen LogP) is -0.823. The first-order valence-corrected chi connectivity index (χ1v) is 2.06. The van der Waals surface area contributed by atoms with Crippen molar-refractivity contribution in [3.63, 3.8) is 0 Å². The van der Waals surface area contributed by atoms with Gasteiger partial charge in [0.05, 0.1) is 12.4 Å². The Hall–Kier alpha value is -0.990. The van der Waals surface area contributed by atoms with E-state index in [9.17, 15) is 4.79 Å². The molecule has 0 atom stereocenters. The van der Waals surface area contributed by atoms with Crippen molar-refractivity contribution in [2.24, 2.45) is 0 Å². The lowest BCUT2D eigenvalue weighted by Gasteiger charge is -1.87. The van der Waals surface area contributed by atoms with Gasteiger partial charge in [-0.2, -0.15) is 0 Å². The lowest BCUT2D eigenvalue weighted by atomic mass is 10.6. The number of aldehydes is 1. The van der Waals surface area contributed by atoms with Crippen LogP contribution in [0.25, 0.3) is 0 Å². The molecule has 38 valence electrons. The molecule has 0 aromatic heterocycles. The number of rotatable bonds is 1. The number of allylic oxidation sites excluding steroid dienone is 1. The Morgan fingerprint density at radius 2 is 2.71 bits per heavy atom. The third-order valence-corrected chi connectivity index (χ3v) is 0.779. The van der Waals surface area contributed by atoms with Gasteiger partial charge in [-0.05, 0) is 0 Å². The molecule has 0 aromatic rings. The fourth-order valence-electron chi connectivity index (χ4n) is 0.441. The highest BCUT2D eigenvalue weighted by Gasteiger charge is 1.96. The predicted molar refractivity (Wildman–Crippen MR) is 25.3 cm³/mol. The van der Waals surface area contributed by atoms with Gasteiger partial charge in [0.2, 0.25) is 0 Å². The second-order valence-corrected chi connectivity index (χ2v) is 1.28. The molecule has 0 amide bonds. The van der Waals surface area contributed by atoms with Crippen LogP contribution in [0.5, 0.6) is 0 Å². The minimum Gasteiger partial charge on any atom is -0.372 e. The molecular formula is C4H6N2O. The lowest BCUT2D eigenvalue weighted by molar-refractivity contribution is -0.105. The number of carbonyl (C=O) groups is 1. The molecule has 1 aliphatic heterocycles. The van der Waals surface area contributed by atoms with Crippen LogP contribution >= 0.6 is 0 Å². The maximum atomic E-state index is 9.84. The Kier molecular flexibility index (Phi) is 0.978. The van der Waals surface area contributed by atoms with Crippen LogP contribution in [0, 0.1) is 0 Å². The average Bonchev–Trinajstić information content (AvgIpc) is 2.14. The first-order valence-electron chi connectivity index (χ1n) is 2.06. The van der Waals surface area contributed by atoms with Crippen LogP contribution in [0.15, 0.2) is 11.9 Å². The van der Waals surface area contributed by atoms with E-state index >= 15 is 0 Å². The maximum Gasteiger partial charge on any atom is 0.167 e. The standard InChI is InChI=1S/C4H6N2O/c7-2-4-1-5-3-6-4/h1-2,5-6H,3H2. The van der Waals surface area contributed by atoms with Crippen LogP contribution < -0.4 is 10.6 Å². The van der Waals surface area contributed by atoms with Crippen LogP contribution in [0.3, 0.4) is 0 Å². The summed E-state index contributed by atoms with van der Waals surface area (Å²) in [6.07, 6.45) is 2.42. The molecule has 0 spiro atoms. The van der Waals surface area contributed by atoms with E-state index in [1.165, 1.54) is 0 Å². The van der Waals surface area contributed by atoms with Gasteiger partial charge in [-0.3, -0.25) is 4.79 Å². The zero-order valence-electron chi connectivity index (χ0n) is 3.77. The van der Waals surface area contributed by atoms with E-state index in [-0.39, 0.29) is 0 Å². The fraction of sp³-hybridized carbons (Fsp3) is 0.250. The van der Waals surface area contributed by atoms with Crippen LogP contribution in [-0.4, -0.2) is 13.0 Å². The summed E-state index contributed by atoms with van der Waals surface area (Å²) in [7, 11) is 0. The van der Waals surface area contributed by atoms with Gasteiger partial charge < -0.3 is 10.6 Å². The Bertz CT molecular complexity index is 108. The quantitative estimate of drug-likeness (QED) is 0.421. The fourth-order valence-corrected chi connectivity index (χ4v) is 0.441. The molecule has 0 aromatic carbocycles. The van der Waals surface area contributed by atoms with Crippen molar-refractivity contribution in [2.75, 3.05) is 6.67 Å². The van der Waals surface area contributed by atoms with Crippen molar-refractivity contribution in [3.05, 3.63) is 11.9 Å². The highest BCUT2D eigenvalue weighted by molar-refractivity contribution is 5.72. The Morgan fingerprint density at radius 1 is 1.86 bits per heavy atom. The van der Waals surface area contributed by atoms with Crippen molar-refractivity contribution in [3.8, 4) is 0 Å². The first kappa shape index (κ1) is 4.18. The molecule has 0 bridgehead atoms. The molecule has 0 aliphatic carbocycles. The number of hydrogen-bond donors (Lipinski definition) is 2. The van der Waals surface area contributed by atoms with Gasteiger partial charge in [-0.15, -0.1) is 0 Å². The summed E-state index contributed by atoms with van der Waals surface area (Å²) in [6.45, 7) is 0.675. The summed E-state index contributed by atoms with van der Waals surface area (Å²) < 4.78 is 0. The highest BCUT2D eigenvalue weighted by atomic mass is 16.1. The van der Waals surface area contributed by atoms with Crippen LogP contribution in [-0.2, 0) is 4.79 Å². The second kappa shape index (κ2) is 1.64. The molecule has 0 saturated heterocycles. The van der Waals surface area contributed by atoms with Crippen molar-refractivity contribution in [1.29, 1.82) is 0 Å². The average molecular weight is 98.1 g/mol. The van der Waals surface area contributed by atoms with E-state index in [1.54, 1.807) is 6.20 Å². The van der Waals surface area contributed by atoms with Gasteiger partial charge >= 0.3 is 0 Å². The third kappa shape index (κ3) is 0.707. The SMILES string of the molecule is O=CC1=CNCN1. The topological polar surface area (TPSA) is 41.1 Å². The molecule has 1 heterocycles. The molecule has 7 heavy (non-hydrogen) atoms. The molecule has 3 heteroatoms. The normalized spacial score (nSPS) is 16.9. The van der Waals surface area contributed by atoms with Crippen molar-refractivity contribution >= 4 is 6.29 Å². The van der Waals surface area contributed by atoms with E-state index in [0.717, 1.165) is 6.29 Å². The number of nitrogens with one attached hydrogen (secondary N) is 2. The largest absolute Gasteiger partial charge is 0.372 e. The van der Waals surface area contributed by atoms with Gasteiger partial charge in [0.15, 0.2) is 6.29 Å². The molecular weight excluding hydrogens is 92.1 g/mol. The second-order valence-electron chi connectivity index (χ2n) is 1.28. The molecule has 1 rings (SSSR count). The van der Waals surface area contributed by atoms with E-state index < -0.39 is 0 Å². The smallest absolute Gasteiger partial charge is 0.167 e. The van der Waals surface area contributed by atoms with Gasteiger partial charge in [-0.1, -0.05) is 0 Å². The van der Waals surface area contributed by atoms with E-state index in [1.807, 2.05) is 0 Å². The van der Waals surface area contributed by atoms with Gasteiger partial charge in [0, 0.05) is 6.20 Å². The Balaban J connectivity index is 2.51. The molecule has 0 unspecified atom stereocenters. The summed E-state index contributed by atoms with van der Waals surface area (Å²) in [4.78, 5) is 9.84. The number of carbonyl (C=O) groups excluding carboxylic acids is 1.